The number of aromatic nitrogens is 2. The van der Waals surface area contributed by atoms with Crippen LogP contribution in [0.5, 0.6) is 5.75 Å². The molecule has 0 unspecified atom stereocenters. The molecule has 1 saturated heterocycles. The molecule has 31 heavy (non-hydrogen) atoms. The highest BCUT2D eigenvalue weighted by Crippen LogP contribution is 2.29. The maximum absolute atomic E-state index is 13.2. The van der Waals surface area contributed by atoms with E-state index in [1.54, 1.807) is 24.3 Å². The highest BCUT2D eigenvalue weighted by molar-refractivity contribution is 7.99. The number of carbonyl (C=O) groups is 2. The molecule has 2 amide bonds. The van der Waals surface area contributed by atoms with Gasteiger partial charge in [0.15, 0.2) is 0 Å². The number of hydrogen-bond acceptors (Lipinski definition) is 5. The third kappa shape index (κ3) is 4.12. The van der Waals surface area contributed by atoms with Gasteiger partial charge < -0.3 is 19.5 Å². The second kappa shape index (κ2) is 9.01. The summed E-state index contributed by atoms with van der Waals surface area (Å²) >= 11 is 1.86. The molecule has 0 atom stereocenters. The number of benzene rings is 2. The second-order valence-electron chi connectivity index (χ2n) is 7.39. The number of nitrogens with one attached hydrogen (secondary N) is 1. The Kier molecular flexibility index (Phi) is 6.18. The molecule has 1 aliphatic rings. The molecular formula is C23H26N4O3S. The van der Waals surface area contributed by atoms with Gasteiger partial charge in [-0.25, -0.2) is 4.98 Å². The van der Waals surface area contributed by atoms with E-state index in [1.165, 1.54) is 7.11 Å². The first-order valence-electron chi connectivity index (χ1n) is 10.3. The van der Waals surface area contributed by atoms with Crippen LogP contribution in [0.4, 0.5) is 5.69 Å². The van der Waals surface area contributed by atoms with E-state index in [1.807, 2.05) is 47.3 Å². The van der Waals surface area contributed by atoms with Gasteiger partial charge >= 0.3 is 0 Å². The molecule has 2 aromatic carbocycles. The van der Waals surface area contributed by atoms with Crippen LogP contribution in [0.25, 0.3) is 11.0 Å². The van der Waals surface area contributed by atoms with Crippen molar-refractivity contribution in [2.24, 2.45) is 7.05 Å². The summed E-state index contributed by atoms with van der Waals surface area (Å²) in [5.74, 6) is 2.94. The Hall–Kier alpha value is -3.00. The van der Waals surface area contributed by atoms with Crippen molar-refractivity contribution in [3.8, 4) is 5.75 Å². The molecule has 4 rings (SSSR count). The summed E-state index contributed by atoms with van der Waals surface area (Å²) in [6.45, 7) is 3.49. The molecule has 3 aromatic rings. The molecule has 1 fully saturated rings. The van der Waals surface area contributed by atoms with Crippen molar-refractivity contribution in [2.75, 3.05) is 37.0 Å². The Morgan fingerprint density at radius 2 is 1.94 bits per heavy atom. The number of imidazole rings is 1. The van der Waals surface area contributed by atoms with Gasteiger partial charge in [-0.3, -0.25) is 9.59 Å². The molecule has 0 bridgehead atoms. The first kappa shape index (κ1) is 21.2. The van der Waals surface area contributed by atoms with Crippen molar-refractivity contribution in [1.29, 1.82) is 0 Å². The zero-order chi connectivity index (χ0) is 22.0. The van der Waals surface area contributed by atoms with Crippen LogP contribution in [0.15, 0.2) is 36.4 Å². The van der Waals surface area contributed by atoms with Crippen LogP contribution in [0.2, 0.25) is 0 Å². The minimum Gasteiger partial charge on any atom is -0.496 e. The van der Waals surface area contributed by atoms with Crippen LogP contribution in [0.3, 0.4) is 0 Å². The smallest absolute Gasteiger partial charge is 0.259 e. The first-order valence-corrected chi connectivity index (χ1v) is 11.5. The number of fused-ring (bicyclic) bond motifs is 1. The largest absolute Gasteiger partial charge is 0.496 e. The van der Waals surface area contributed by atoms with Gasteiger partial charge in [0.2, 0.25) is 0 Å². The minimum atomic E-state index is -0.294. The number of carbonyl (C=O) groups excluding carboxylic acids is 2. The molecule has 162 valence electrons. The first-order chi connectivity index (χ1) is 15.0. The number of hydrogen-bond donors (Lipinski definition) is 1. The Morgan fingerprint density at radius 3 is 2.65 bits per heavy atom. The average molecular weight is 439 g/mol. The van der Waals surface area contributed by atoms with E-state index < -0.39 is 0 Å². The third-order valence-electron chi connectivity index (χ3n) is 5.52. The molecule has 8 heteroatoms. The van der Waals surface area contributed by atoms with E-state index in [2.05, 4.69) is 5.32 Å². The quantitative estimate of drug-likeness (QED) is 0.659. The molecule has 1 N–H and O–H groups in total. The number of nitrogens with zero attached hydrogens (tertiary/aromatic N) is 3. The second-order valence-corrected chi connectivity index (χ2v) is 8.62. The molecular weight excluding hydrogens is 412 g/mol. The van der Waals surface area contributed by atoms with E-state index in [9.17, 15) is 9.59 Å². The molecule has 0 radical (unpaired) electrons. The zero-order valence-corrected chi connectivity index (χ0v) is 18.8. The number of ether oxygens (including phenoxy) is 1. The summed E-state index contributed by atoms with van der Waals surface area (Å²) in [6, 6.07) is 10.7. The lowest BCUT2D eigenvalue weighted by molar-refractivity contribution is 0.0772. The fraction of sp³-hybridized carbons (Fsp3) is 0.348. The van der Waals surface area contributed by atoms with Crippen molar-refractivity contribution in [2.45, 2.75) is 13.3 Å². The number of thioether (sulfide) groups is 1. The van der Waals surface area contributed by atoms with Gasteiger partial charge in [0.1, 0.15) is 11.6 Å². The summed E-state index contributed by atoms with van der Waals surface area (Å²) < 4.78 is 7.31. The van der Waals surface area contributed by atoms with Crippen molar-refractivity contribution in [1.82, 2.24) is 14.5 Å². The van der Waals surface area contributed by atoms with E-state index in [0.717, 1.165) is 42.4 Å². The normalized spacial score (nSPS) is 14.0. The van der Waals surface area contributed by atoms with Crippen molar-refractivity contribution < 1.29 is 14.3 Å². The van der Waals surface area contributed by atoms with Crippen molar-refractivity contribution in [3.05, 3.63) is 53.3 Å². The van der Waals surface area contributed by atoms with Crippen LogP contribution in [0.1, 0.15) is 33.5 Å². The Balaban J connectivity index is 1.77. The monoisotopic (exact) mass is 438 g/mol. The number of anilines is 1. The summed E-state index contributed by atoms with van der Waals surface area (Å²) in [5, 5.41) is 3.00. The van der Waals surface area contributed by atoms with Crippen molar-refractivity contribution in [3.63, 3.8) is 0 Å². The molecule has 1 aromatic heterocycles. The average Bonchev–Trinajstić information content (AvgIpc) is 3.14. The van der Waals surface area contributed by atoms with Gasteiger partial charge in [-0.2, -0.15) is 11.8 Å². The van der Waals surface area contributed by atoms with Crippen LogP contribution in [-0.4, -0.2) is 58.0 Å². The molecule has 7 nitrogen and oxygen atoms in total. The van der Waals surface area contributed by atoms with E-state index in [4.69, 9.17) is 9.72 Å². The minimum absolute atomic E-state index is 0.0290. The lowest BCUT2D eigenvalue weighted by Crippen LogP contribution is -2.37. The fourth-order valence-electron chi connectivity index (χ4n) is 3.91. The predicted octanol–water partition coefficient (Wildman–Crippen LogP) is 3.59. The molecule has 0 saturated carbocycles. The Labute approximate surface area is 185 Å². The summed E-state index contributed by atoms with van der Waals surface area (Å²) in [6.07, 6.45) is 0.748. The van der Waals surface area contributed by atoms with Crippen LogP contribution < -0.4 is 10.1 Å². The third-order valence-corrected chi connectivity index (χ3v) is 6.47. The molecule has 0 aliphatic carbocycles. The van der Waals surface area contributed by atoms with Gasteiger partial charge in [0.05, 0.1) is 29.4 Å². The number of rotatable bonds is 5. The molecule has 0 spiro atoms. The Morgan fingerprint density at radius 1 is 1.19 bits per heavy atom. The predicted molar refractivity (Wildman–Crippen MR) is 124 cm³/mol. The van der Waals surface area contributed by atoms with Gasteiger partial charge in [0.25, 0.3) is 11.8 Å². The molecule has 1 aliphatic heterocycles. The van der Waals surface area contributed by atoms with Crippen LogP contribution in [-0.2, 0) is 13.5 Å². The number of amides is 2. The lowest BCUT2D eigenvalue weighted by atomic mass is 10.1. The van der Waals surface area contributed by atoms with Gasteiger partial charge in [-0.15, -0.1) is 0 Å². The zero-order valence-electron chi connectivity index (χ0n) is 18.0. The van der Waals surface area contributed by atoms with E-state index in [-0.39, 0.29) is 11.8 Å². The van der Waals surface area contributed by atoms with Gasteiger partial charge in [-0.1, -0.05) is 19.1 Å². The van der Waals surface area contributed by atoms with Gasteiger partial charge in [-0.05, 0) is 24.3 Å². The number of methoxy groups -OCH3 is 1. The van der Waals surface area contributed by atoms with Gasteiger partial charge in [0, 0.05) is 43.6 Å². The fourth-order valence-corrected chi connectivity index (χ4v) is 4.81. The maximum atomic E-state index is 13.2. The van der Waals surface area contributed by atoms with Crippen LogP contribution >= 0.6 is 11.8 Å². The van der Waals surface area contributed by atoms with Crippen LogP contribution in [0, 0.1) is 0 Å². The van der Waals surface area contributed by atoms with Crippen molar-refractivity contribution >= 4 is 40.3 Å². The topological polar surface area (TPSA) is 76.5 Å². The van der Waals surface area contributed by atoms with E-state index >= 15 is 0 Å². The Bertz CT molecular complexity index is 1140. The standard InChI is InChI=1S/C23H26N4O3S/c1-4-20-24-17-13-15(23(29)27-9-11-31-12-10-27)14-18(21(17)26(20)2)25-22(28)16-7-5-6-8-19(16)30-3/h5-8,13-14H,4,9-12H2,1-3H3,(H,25,28). The number of aryl methyl sites for hydroxylation is 2. The highest BCUT2D eigenvalue weighted by Gasteiger charge is 2.23. The SMILES string of the molecule is CCc1nc2cc(C(=O)N3CCSCC3)cc(NC(=O)c3ccccc3OC)c2n1C. The maximum Gasteiger partial charge on any atom is 0.259 e. The lowest BCUT2D eigenvalue weighted by Gasteiger charge is -2.26. The number of para-hydroxylation sites is 1. The van der Waals surface area contributed by atoms with E-state index in [0.29, 0.717) is 28.1 Å². The summed E-state index contributed by atoms with van der Waals surface area (Å²) in [4.78, 5) is 32.8. The summed E-state index contributed by atoms with van der Waals surface area (Å²) in [5.41, 5.74) is 3.03. The summed E-state index contributed by atoms with van der Waals surface area (Å²) in [7, 11) is 3.46. The highest BCUT2D eigenvalue weighted by atomic mass is 32.2. The molecule has 2 heterocycles.